The molecule has 1 aromatic heterocycles. The maximum absolute atomic E-state index is 14.3. The van der Waals surface area contributed by atoms with Gasteiger partial charge in [-0.25, -0.2) is 0 Å². The number of fused-ring (bicyclic) bond motifs is 1. The number of rotatable bonds is 9. The van der Waals surface area contributed by atoms with Gasteiger partial charge in [0.15, 0.2) is 0 Å². The summed E-state index contributed by atoms with van der Waals surface area (Å²) in [6.45, 7) is 11.8. The van der Waals surface area contributed by atoms with E-state index in [9.17, 15) is 4.79 Å². The highest BCUT2D eigenvalue weighted by Gasteiger charge is 2.51. The maximum Gasteiger partial charge on any atom is 0.244 e. The molecule has 6 rings (SSSR count). The predicted octanol–water partition coefficient (Wildman–Crippen LogP) is 4.78. The van der Waals surface area contributed by atoms with Crippen molar-refractivity contribution in [1.29, 1.82) is 0 Å². The van der Waals surface area contributed by atoms with Gasteiger partial charge in [-0.3, -0.25) is 14.4 Å². The van der Waals surface area contributed by atoms with Gasteiger partial charge in [-0.05, 0) is 46.9 Å². The first-order valence-corrected chi connectivity index (χ1v) is 14.8. The van der Waals surface area contributed by atoms with Crippen molar-refractivity contribution in [1.82, 2.24) is 19.9 Å². The van der Waals surface area contributed by atoms with Gasteiger partial charge in [-0.2, -0.15) is 0 Å². The van der Waals surface area contributed by atoms with Crippen molar-refractivity contribution in [2.24, 2.45) is 0 Å². The molecule has 224 valence electrons. The van der Waals surface area contributed by atoms with E-state index in [0.717, 1.165) is 78.8 Å². The van der Waals surface area contributed by atoms with Crippen LogP contribution in [0.4, 0.5) is 5.69 Å². The number of nitrogens with one attached hydrogen (secondary N) is 1. The molecule has 1 unspecified atom stereocenters. The Morgan fingerprint density at radius 3 is 2.49 bits per heavy atom. The number of nitrogens with zero attached hydrogens (tertiary/aromatic N) is 4. The first-order chi connectivity index (χ1) is 20.8. The number of ether oxygens (including phenoxy) is 3. The van der Waals surface area contributed by atoms with Crippen LogP contribution in [0.1, 0.15) is 48.7 Å². The summed E-state index contributed by atoms with van der Waals surface area (Å²) in [6, 6.07) is 21.8. The quantitative estimate of drug-likeness (QED) is 0.304. The lowest BCUT2D eigenvalue weighted by Crippen LogP contribution is -2.38. The number of carbonyl (C=O) groups excluding carboxylic acids is 1. The standard InChI is InChI=1S/C34H39N5O4/c1-33(2,3)25-11-14-31(43-23-26-22-39(37-36-26)16-15-38-17-19-42-20-18-38)29(21-25)34(24-9-12-27(41-4)13-10-24)28-7-5-6-8-30(28)35-32(34)40/h5-14,21-22H,15-20,23H2,1-4H3,(H,35,40). The lowest BCUT2D eigenvalue weighted by Gasteiger charge is -2.32. The second kappa shape index (κ2) is 11.8. The second-order valence-electron chi connectivity index (χ2n) is 12.2. The molecule has 1 saturated heterocycles. The molecule has 9 heteroatoms. The topological polar surface area (TPSA) is 90.7 Å². The second-order valence-corrected chi connectivity index (χ2v) is 12.2. The van der Waals surface area contributed by atoms with E-state index in [0.29, 0.717) is 5.75 Å². The number of anilines is 1. The number of aromatic nitrogens is 3. The first kappa shape index (κ1) is 28.9. The van der Waals surface area contributed by atoms with Gasteiger partial charge in [-0.15, -0.1) is 5.10 Å². The zero-order valence-corrected chi connectivity index (χ0v) is 25.3. The van der Waals surface area contributed by atoms with Crippen LogP contribution in [0.25, 0.3) is 0 Å². The summed E-state index contributed by atoms with van der Waals surface area (Å²) in [5, 5.41) is 11.9. The van der Waals surface area contributed by atoms with E-state index in [2.05, 4.69) is 53.4 Å². The lowest BCUT2D eigenvalue weighted by atomic mass is 9.68. The number of benzene rings is 3. The normalized spacial score (nSPS) is 18.7. The molecule has 0 saturated carbocycles. The van der Waals surface area contributed by atoms with E-state index in [-0.39, 0.29) is 17.9 Å². The fraction of sp³-hybridized carbons (Fsp3) is 0.382. The van der Waals surface area contributed by atoms with Gasteiger partial charge in [0.25, 0.3) is 0 Å². The Hall–Kier alpha value is -4.21. The number of carbonyl (C=O) groups is 1. The molecule has 9 nitrogen and oxygen atoms in total. The highest BCUT2D eigenvalue weighted by molar-refractivity contribution is 6.11. The summed E-state index contributed by atoms with van der Waals surface area (Å²) in [5.41, 5.74) is 3.85. The number of para-hydroxylation sites is 1. The molecule has 0 radical (unpaired) electrons. The summed E-state index contributed by atoms with van der Waals surface area (Å²) in [7, 11) is 1.64. The van der Waals surface area contributed by atoms with Crippen LogP contribution in [0.5, 0.6) is 11.5 Å². The van der Waals surface area contributed by atoms with Crippen molar-refractivity contribution in [3.05, 3.63) is 101 Å². The fourth-order valence-corrected chi connectivity index (χ4v) is 5.96. The van der Waals surface area contributed by atoms with Crippen LogP contribution in [0.3, 0.4) is 0 Å². The summed E-state index contributed by atoms with van der Waals surface area (Å²) < 4.78 is 19.3. The van der Waals surface area contributed by atoms with E-state index in [1.54, 1.807) is 7.11 Å². The summed E-state index contributed by atoms with van der Waals surface area (Å²) in [5.74, 6) is 1.23. The predicted molar refractivity (Wildman–Crippen MR) is 165 cm³/mol. The van der Waals surface area contributed by atoms with E-state index in [4.69, 9.17) is 14.2 Å². The Kier molecular flexibility index (Phi) is 7.94. The Labute approximate surface area is 252 Å². The number of methoxy groups -OCH3 is 1. The molecular weight excluding hydrogens is 542 g/mol. The van der Waals surface area contributed by atoms with Gasteiger partial charge in [0.05, 0.1) is 33.1 Å². The molecule has 1 amide bonds. The smallest absolute Gasteiger partial charge is 0.244 e. The van der Waals surface area contributed by atoms with Crippen molar-refractivity contribution in [3.63, 3.8) is 0 Å². The fourth-order valence-electron chi connectivity index (χ4n) is 5.96. The molecule has 0 aliphatic carbocycles. The third-order valence-corrected chi connectivity index (χ3v) is 8.40. The molecule has 3 aromatic carbocycles. The van der Waals surface area contributed by atoms with Crippen LogP contribution >= 0.6 is 0 Å². The Bertz CT molecular complexity index is 1590. The van der Waals surface area contributed by atoms with Crippen LogP contribution in [-0.2, 0) is 33.5 Å². The molecule has 2 aliphatic heterocycles. The number of hydrogen-bond acceptors (Lipinski definition) is 7. The van der Waals surface area contributed by atoms with Crippen molar-refractivity contribution in [2.75, 3.05) is 45.3 Å². The molecule has 43 heavy (non-hydrogen) atoms. The molecule has 3 heterocycles. The van der Waals surface area contributed by atoms with Gasteiger partial charge >= 0.3 is 0 Å². The van der Waals surface area contributed by atoms with Gasteiger partial charge in [0.2, 0.25) is 5.91 Å². The Balaban J connectivity index is 1.38. The Morgan fingerprint density at radius 2 is 1.74 bits per heavy atom. The molecule has 0 bridgehead atoms. The van der Waals surface area contributed by atoms with Crippen LogP contribution in [0.2, 0.25) is 0 Å². The third kappa shape index (κ3) is 5.62. The van der Waals surface area contributed by atoms with E-state index < -0.39 is 5.41 Å². The van der Waals surface area contributed by atoms with E-state index >= 15 is 0 Å². The maximum atomic E-state index is 14.3. The molecule has 4 aromatic rings. The van der Waals surface area contributed by atoms with Crippen molar-refractivity contribution < 1.29 is 19.0 Å². The van der Waals surface area contributed by atoms with Gasteiger partial charge in [0, 0.05) is 36.4 Å². The molecule has 2 aliphatic rings. The molecule has 1 atom stereocenters. The van der Waals surface area contributed by atoms with Gasteiger partial charge < -0.3 is 19.5 Å². The molecule has 1 fully saturated rings. The molecular formula is C34H39N5O4. The summed E-state index contributed by atoms with van der Waals surface area (Å²) in [6.07, 6.45) is 1.93. The van der Waals surface area contributed by atoms with Gasteiger partial charge in [0.1, 0.15) is 29.2 Å². The largest absolute Gasteiger partial charge is 0.497 e. The van der Waals surface area contributed by atoms with Crippen LogP contribution in [-0.4, -0.2) is 65.8 Å². The zero-order valence-electron chi connectivity index (χ0n) is 25.3. The van der Waals surface area contributed by atoms with E-state index in [1.165, 1.54) is 0 Å². The number of amides is 1. The molecule has 1 N–H and O–H groups in total. The zero-order chi connectivity index (χ0) is 30.0. The van der Waals surface area contributed by atoms with Crippen molar-refractivity contribution in [2.45, 2.75) is 44.8 Å². The highest BCUT2D eigenvalue weighted by atomic mass is 16.5. The number of hydrogen-bond donors (Lipinski definition) is 1. The molecule has 0 spiro atoms. The number of morpholine rings is 1. The van der Waals surface area contributed by atoms with Crippen LogP contribution in [0.15, 0.2) is 72.9 Å². The monoisotopic (exact) mass is 581 g/mol. The van der Waals surface area contributed by atoms with Gasteiger partial charge in [-0.1, -0.05) is 62.4 Å². The minimum absolute atomic E-state index is 0.121. The van der Waals surface area contributed by atoms with Crippen LogP contribution in [0, 0.1) is 0 Å². The first-order valence-electron chi connectivity index (χ1n) is 14.8. The highest BCUT2D eigenvalue weighted by Crippen LogP contribution is 2.51. The Morgan fingerprint density at radius 1 is 0.977 bits per heavy atom. The SMILES string of the molecule is COc1ccc(C2(c3cc(C(C)(C)C)ccc3OCc3cn(CCN4CCOCC4)nn3)C(=O)Nc3ccccc32)cc1. The minimum Gasteiger partial charge on any atom is -0.497 e. The minimum atomic E-state index is -1.13. The van der Waals surface area contributed by atoms with Crippen molar-refractivity contribution in [3.8, 4) is 11.5 Å². The summed E-state index contributed by atoms with van der Waals surface area (Å²) in [4.78, 5) is 16.6. The van der Waals surface area contributed by atoms with E-state index in [1.807, 2.05) is 65.5 Å². The average Bonchev–Trinajstić information content (AvgIpc) is 3.60. The average molecular weight is 582 g/mol. The lowest BCUT2D eigenvalue weighted by molar-refractivity contribution is -0.118. The van der Waals surface area contributed by atoms with Crippen LogP contribution < -0.4 is 14.8 Å². The summed E-state index contributed by atoms with van der Waals surface area (Å²) >= 11 is 0. The third-order valence-electron chi connectivity index (χ3n) is 8.40. The van der Waals surface area contributed by atoms with Crippen molar-refractivity contribution >= 4 is 11.6 Å².